The number of hydrogen-bond acceptors (Lipinski definition) is 6. The number of aromatic amines is 1. The van der Waals surface area contributed by atoms with Crippen molar-refractivity contribution in [3.8, 4) is 11.3 Å². The van der Waals surface area contributed by atoms with Gasteiger partial charge in [-0.25, -0.2) is 14.5 Å². The van der Waals surface area contributed by atoms with Gasteiger partial charge in [0, 0.05) is 55.1 Å². The Balaban J connectivity index is 1.29. The minimum Gasteiger partial charge on any atom is -0.380 e. The third-order valence-corrected chi connectivity index (χ3v) is 8.89. The Morgan fingerprint density at radius 1 is 1.08 bits per heavy atom. The molecular weight excluding hydrogens is 450 g/mol. The minimum absolute atomic E-state index is 0.332. The zero-order valence-electron chi connectivity index (χ0n) is 21.7. The molecule has 0 aliphatic carbocycles. The number of nitrogens with one attached hydrogen (secondary N) is 1. The summed E-state index contributed by atoms with van der Waals surface area (Å²) >= 11 is 0. The number of fused-ring (bicyclic) bond motifs is 4. The van der Waals surface area contributed by atoms with Crippen LogP contribution in [-0.4, -0.2) is 73.9 Å². The van der Waals surface area contributed by atoms with Crippen LogP contribution in [0.5, 0.6) is 0 Å². The average molecular weight is 486 g/mol. The Bertz CT molecular complexity index is 1450. The topological polar surface area (TPSA) is 74.6 Å². The van der Waals surface area contributed by atoms with Crippen molar-refractivity contribution in [3.63, 3.8) is 0 Å². The second-order valence-corrected chi connectivity index (χ2v) is 11.2. The van der Waals surface area contributed by atoms with Crippen molar-refractivity contribution in [2.24, 2.45) is 0 Å². The molecule has 2 bridgehead atoms. The average Bonchev–Trinajstić information content (AvgIpc) is 3.67. The fourth-order valence-corrected chi connectivity index (χ4v) is 6.90. The minimum atomic E-state index is 0.332. The van der Waals surface area contributed by atoms with E-state index >= 15 is 0 Å². The van der Waals surface area contributed by atoms with Crippen molar-refractivity contribution >= 4 is 22.5 Å². The van der Waals surface area contributed by atoms with Gasteiger partial charge < -0.3 is 14.6 Å². The van der Waals surface area contributed by atoms with Gasteiger partial charge in [0.15, 0.2) is 5.65 Å². The summed E-state index contributed by atoms with van der Waals surface area (Å²) in [6.07, 6.45) is 7.35. The monoisotopic (exact) mass is 485 g/mol. The number of likely N-dealkylation sites (tertiary alicyclic amines) is 1. The summed E-state index contributed by atoms with van der Waals surface area (Å²) in [7, 11) is 0. The molecule has 3 saturated heterocycles. The lowest BCUT2D eigenvalue weighted by Gasteiger charge is -2.36. The molecule has 0 saturated carbocycles. The van der Waals surface area contributed by atoms with E-state index in [1.807, 2.05) is 4.52 Å². The van der Waals surface area contributed by atoms with Gasteiger partial charge in [-0.2, -0.15) is 5.10 Å². The van der Waals surface area contributed by atoms with E-state index in [-0.39, 0.29) is 0 Å². The molecule has 0 radical (unpaired) electrons. The predicted molar refractivity (Wildman–Crippen MR) is 142 cm³/mol. The van der Waals surface area contributed by atoms with E-state index in [2.05, 4.69) is 70.9 Å². The highest BCUT2D eigenvalue weighted by molar-refractivity contribution is 5.90. The Morgan fingerprint density at radius 2 is 1.97 bits per heavy atom. The molecule has 8 heteroatoms. The normalized spacial score (nSPS) is 24.7. The van der Waals surface area contributed by atoms with Gasteiger partial charge in [0.05, 0.1) is 23.3 Å². The van der Waals surface area contributed by atoms with Crippen LogP contribution in [0.4, 0.5) is 5.82 Å². The van der Waals surface area contributed by atoms with Crippen molar-refractivity contribution < 1.29 is 4.74 Å². The van der Waals surface area contributed by atoms with Crippen molar-refractivity contribution in [2.45, 2.75) is 71.0 Å². The Hall–Kier alpha value is -2.97. The van der Waals surface area contributed by atoms with Gasteiger partial charge in [-0.3, -0.25) is 4.90 Å². The zero-order valence-corrected chi connectivity index (χ0v) is 21.7. The number of H-pyrrole nitrogens is 1. The van der Waals surface area contributed by atoms with Crippen LogP contribution >= 0.6 is 0 Å². The fourth-order valence-electron chi connectivity index (χ4n) is 6.90. The summed E-state index contributed by atoms with van der Waals surface area (Å²) in [6, 6.07) is 6.24. The zero-order chi connectivity index (χ0) is 24.6. The number of piperidine rings is 1. The third-order valence-electron chi connectivity index (χ3n) is 8.89. The summed E-state index contributed by atoms with van der Waals surface area (Å²) in [6.45, 7) is 12.9. The van der Waals surface area contributed by atoms with Gasteiger partial charge in [0.1, 0.15) is 12.1 Å². The maximum atomic E-state index is 5.71. The van der Waals surface area contributed by atoms with Crippen LogP contribution in [0.1, 0.15) is 55.7 Å². The van der Waals surface area contributed by atoms with Crippen LogP contribution in [0.3, 0.4) is 0 Å². The maximum Gasteiger partial charge on any atom is 0.158 e. The van der Waals surface area contributed by atoms with Gasteiger partial charge >= 0.3 is 0 Å². The lowest BCUT2D eigenvalue weighted by atomic mass is 9.95. The van der Waals surface area contributed by atoms with Crippen molar-refractivity contribution in [2.75, 3.05) is 31.2 Å². The third kappa shape index (κ3) is 3.30. The SMILES string of the molecule is Cc1c(-c2[nH]c3ccc(N4C[C@@H]5C[C@H]4CCN5C4CCOC4)nc3c2C(C)C)cn2ncnc2c1C. The second-order valence-electron chi connectivity index (χ2n) is 11.2. The Labute approximate surface area is 211 Å². The summed E-state index contributed by atoms with van der Waals surface area (Å²) in [5, 5.41) is 4.42. The molecule has 4 aromatic heterocycles. The second kappa shape index (κ2) is 8.28. The Kier molecular flexibility index (Phi) is 5.12. The first kappa shape index (κ1) is 22.2. The maximum absolute atomic E-state index is 5.71. The van der Waals surface area contributed by atoms with Crippen molar-refractivity contribution in [1.82, 2.24) is 29.5 Å². The van der Waals surface area contributed by atoms with Gasteiger partial charge in [-0.05, 0) is 62.3 Å². The van der Waals surface area contributed by atoms with E-state index in [0.29, 0.717) is 24.0 Å². The number of ether oxygens (including phenoxy) is 1. The first-order valence-corrected chi connectivity index (χ1v) is 13.4. The van der Waals surface area contributed by atoms with Crippen LogP contribution in [0.2, 0.25) is 0 Å². The molecule has 3 aliphatic rings. The highest BCUT2D eigenvalue weighted by atomic mass is 16.5. The quantitative estimate of drug-likeness (QED) is 0.460. The van der Waals surface area contributed by atoms with Crippen LogP contribution in [0.25, 0.3) is 27.9 Å². The van der Waals surface area contributed by atoms with Crippen molar-refractivity contribution in [1.29, 1.82) is 0 Å². The lowest BCUT2D eigenvalue weighted by molar-refractivity contribution is 0.0983. The highest BCUT2D eigenvalue weighted by Gasteiger charge is 2.43. The molecule has 3 atom stereocenters. The molecule has 0 spiro atoms. The molecule has 7 rings (SSSR count). The van der Waals surface area contributed by atoms with Gasteiger partial charge in [0.2, 0.25) is 0 Å². The van der Waals surface area contributed by atoms with E-state index in [4.69, 9.17) is 9.72 Å². The molecule has 0 amide bonds. The molecule has 4 aromatic rings. The number of nitrogens with zero attached hydrogens (tertiary/aromatic N) is 6. The standard InChI is InChI=1S/C28H35N7O/c1-16(2)25-26(22-13-35-28(29-15-30-35)18(4)17(22)3)31-23-5-6-24(32-27(23)25)34-12-21-11-19(34)7-9-33(21)20-8-10-36-14-20/h5-6,13,15-16,19-21,31H,7-12,14H2,1-4H3/t19-,20?,21+/m1/s1. The summed E-state index contributed by atoms with van der Waals surface area (Å²) in [5.41, 5.74) is 9.09. The largest absolute Gasteiger partial charge is 0.380 e. The molecular formula is C28H35N7O. The van der Waals surface area contributed by atoms with E-state index < -0.39 is 0 Å². The number of anilines is 1. The number of rotatable bonds is 4. The summed E-state index contributed by atoms with van der Waals surface area (Å²) in [5.74, 6) is 1.45. The van der Waals surface area contributed by atoms with Gasteiger partial charge in [-0.15, -0.1) is 0 Å². The summed E-state index contributed by atoms with van der Waals surface area (Å²) in [4.78, 5) is 18.8. The van der Waals surface area contributed by atoms with E-state index in [9.17, 15) is 0 Å². The molecule has 1 N–H and O–H groups in total. The fraction of sp³-hybridized carbons (Fsp3) is 0.536. The van der Waals surface area contributed by atoms with E-state index in [1.165, 1.54) is 42.5 Å². The van der Waals surface area contributed by atoms with Crippen LogP contribution in [0, 0.1) is 13.8 Å². The molecule has 1 unspecified atom stereocenters. The number of hydrogen-bond donors (Lipinski definition) is 1. The molecule has 36 heavy (non-hydrogen) atoms. The number of aromatic nitrogens is 5. The van der Waals surface area contributed by atoms with Crippen LogP contribution < -0.4 is 4.90 Å². The highest BCUT2D eigenvalue weighted by Crippen LogP contribution is 2.40. The Morgan fingerprint density at radius 3 is 2.78 bits per heavy atom. The van der Waals surface area contributed by atoms with Gasteiger partial charge in [-0.1, -0.05) is 13.8 Å². The molecule has 7 heterocycles. The van der Waals surface area contributed by atoms with Crippen LogP contribution in [-0.2, 0) is 4.74 Å². The van der Waals surface area contributed by atoms with Crippen molar-refractivity contribution in [3.05, 3.63) is 41.3 Å². The lowest BCUT2D eigenvalue weighted by Crippen LogP contribution is -2.47. The molecule has 188 valence electrons. The van der Waals surface area contributed by atoms with Crippen LogP contribution in [0.15, 0.2) is 24.7 Å². The smallest absolute Gasteiger partial charge is 0.158 e. The molecule has 8 nitrogen and oxygen atoms in total. The predicted octanol–water partition coefficient (Wildman–Crippen LogP) is 4.45. The summed E-state index contributed by atoms with van der Waals surface area (Å²) < 4.78 is 7.59. The number of pyridine rings is 2. The van der Waals surface area contributed by atoms with E-state index in [1.54, 1.807) is 6.33 Å². The first-order valence-electron chi connectivity index (χ1n) is 13.4. The molecule has 3 fully saturated rings. The molecule has 0 aromatic carbocycles. The number of aryl methyl sites for hydroxylation is 1. The molecule has 3 aliphatic heterocycles. The van der Waals surface area contributed by atoms with Gasteiger partial charge in [0.25, 0.3) is 0 Å². The van der Waals surface area contributed by atoms with E-state index in [0.717, 1.165) is 53.5 Å². The first-order chi connectivity index (χ1) is 17.5.